The van der Waals surface area contributed by atoms with Crippen molar-refractivity contribution in [3.63, 3.8) is 0 Å². The molecule has 1 aliphatic heterocycles. The monoisotopic (exact) mass is 249 g/mol. The van der Waals surface area contributed by atoms with Crippen molar-refractivity contribution < 1.29 is 4.74 Å². The van der Waals surface area contributed by atoms with Crippen LogP contribution in [0.1, 0.15) is 43.8 Å². The molecule has 5 nitrogen and oxygen atoms in total. The molecule has 1 unspecified atom stereocenters. The van der Waals surface area contributed by atoms with E-state index in [-0.39, 0.29) is 11.7 Å². The number of aromatic nitrogens is 2. The van der Waals surface area contributed by atoms with Crippen molar-refractivity contribution in [2.75, 3.05) is 18.5 Å². The van der Waals surface area contributed by atoms with Crippen LogP contribution in [0.3, 0.4) is 0 Å². The summed E-state index contributed by atoms with van der Waals surface area (Å²) in [6, 6.07) is 1.52. The van der Waals surface area contributed by atoms with Crippen LogP contribution in [0.15, 0.2) is 10.9 Å². The first kappa shape index (κ1) is 11.7. The van der Waals surface area contributed by atoms with Gasteiger partial charge in [-0.1, -0.05) is 0 Å². The van der Waals surface area contributed by atoms with Gasteiger partial charge in [0.15, 0.2) is 0 Å². The molecule has 0 bridgehead atoms. The molecule has 0 spiro atoms. The third-order valence-electron chi connectivity index (χ3n) is 3.51. The van der Waals surface area contributed by atoms with Gasteiger partial charge in [0.1, 0.15) is 11.6 Å². The summed E-state index contributed by atoms with van der Waals surface area (Å²) in [6.45, 7) is 1.59. The maximum absolute atomic E-state index is 11.5. The number of ether oxygens (including phenoxy) is 1. The predicted octanol–water partition coefficient (Wildman–Crippen LogP) is 1.63. The molecular weight excluding hydrogens is 230 g/mol. The molecule has 1 saturated carbocycles. The van der Waals surface area contributed by atoms with Crippen LogP contribution in [0.2, 0.25) is 0 Å². The van der Waals surface area contributed by atoms with Gasteiger partial charge in [-0.3, -0.25) is 4.79 Å². The van der Waals surface area contributed by atoms with Crippen molar-refractivity contribution in [2.24, 2.45) is 0 Å². The number of rotatable bonds is 4. The molecule has 1 aromatic heterocycles. The Morgan fingerprint density at radius 1 is 1.39 bits per heavy atom. The molecule has 2 N–H and O–H groups in total. The van der Waals surface area contributed by atoms with Crippen molar-refractivity contribution in [1.82, 2.24) is 9.97 Å². The van der Waals surface area contributed by atoms with Crippen molar-refractivity contribution in [1.29, 1.82) is 0 Å². The van der Waals surface area contributed by atoms with Gasteiger partial charge >= 0.3 is 0 Å². The summed E-state index contributed by atoms with van der Waals surface area (Å²) in [6.07, 6.45) is 6.00. The fourth-order valence-corrected chi connectivity index (χ4v) is 2.30. The number of aromatic amines is 1. The highest BCUT2D eigenvalue weighted by Crippen LogP contribution is 2.37. The number of nitrogens with zero attached hydrogens (tertiary/aromatic N) is 1. The highest BCUT2D eigenvalue weighted by molar-refractivity contribution is 5.34. The summed E-state index contributed by atoms with van der Waals surface area (Å²) in [5.74, 6) is 1.97. The van der Waals surface area contributed by atoms with Gasteiger partial charge in [0.25, 0.3) is 5.56 Å². The SMILES string of the molecule is O=c1cc(NCC2CCCCO2)nc(C2CC2)[nH]1. The van der Waals surface area contributed by atoms with E-state index in [0.29, 0.717) is 11.7 Å². The first-order valence-electron chi connectivity index (χ1n) is 6.78. The number of H-pyrrole nitrogens is 1. The maximum Gasteiger partial charge on any atom is 0.252 e. The van der Waals surface area contributed by atoms with Crippen LogP contribution in [-0.4, -0.2) is 29.2 Å². The Labute approximate surface area is 106 Å². The fourth-order valence-electron chi connectivity index (χ4n) is 2.30. The average Bonchev–Trinajstić information content (AvgIpc) is 3.21. The summed E-state index contributed by atoms with van der Waals surface area (Å²) in [4.78, 5) is 18.8. The van der Waals surface area contributed by atoms with E-state index in [0.717, 1.165) is 44.7 Å². The third-order valence-corrected chi connectivity index (χ3v) is 3.51. The van der Waals surface area contributed by atoms with Gasteiger partial charge in [-0.05, 0) is 32.1 Å². The maximum atomic E-state index is 11.5. The Hall–Kier alpha value is -1.36. The Balaban J connectivity index is 1.62. The molecule has 5 heteroatoms. The smallest absolute Gasteiger partial charge is 0.252 e. The van der Waals surface area contributed by atoms with E-state index >= 15 is 0 Å². The molecule has 2 aliphatic rings. The molecule has 1 aromatic rings. The standard InChI is InChI=1S/C13H19N3O2/c17-12-7-11(15-13(16-12)9-4-5-9)14-8-10-3-1-2-6-18-10/h7,9-10H,1-6,8H2,(H2,14,15,16,17). The molecule has 1 saturated heterocycles. The van der Waals surface area contributed by atoms with Crippen LogP contribution < -0.4 is 10.9 Å². The van der Waals surface area contributed by atoms with Gasteiger partial charge in [-0.2, -0.15) is 0 Å². The second-order valence-corrected chi connectivity index (χ2v) is 5.16. The molecule has 1 atom stereocenters. The van der Waals surface area contributed by atoms with Crippen molar-refractivity contribution in [3.8, 4) is 0 Å². The van der Waals surface area contributed by atoms with Crippen LogP contribution in [0, 0.1) is 0 Å². The lowest BCUT2D eigenvalue weighted by Gasteiger charge is -2.22. The van der Waals surface area contributed by atoms with E-state index in [2.05, 4.69) is 15.3 Å². The highest BCUT2D eigenvalue weighted by atomic mass is 16.5. The van der Waals surface area contributed by atoms with Crippen molar-refractivity contribution in [3.05, 3.63) is 22.2 Å². The van der Waals surface area contributed by atoms with E-state index in [4.69, 9.17) is 4.74 Å². The third kappa shape index (κ3) is 2.90. The van der Waals surface area contributed by atoms with Gasteiger partial charge in [-0.25, -0.2) is 4.98 Å². The van der Waals surface area contributed by atoms with Crippen molar-refractivity contribution in [2.45, 2.75) is 44.1 Å². The summed E-state index contributed by atoms with van der Waals surface area (Å²) in [5, 5.41) is 3.22. The molecular formula is C13H19N3O2. The van der Waals surface area contributed by atoms with E-state index in [9.17, 15) is 4.79 Å². The largest absolute Gasteiger partial charge is 0.376 e. The van der Waals surface area contributed by atoms with E-state index in [1.54, 1.807) is 0 Å². The number of hydrogen-bond donors (Lipinski definition) is 2. The van der Waals surface area contributed by atoms with E-state index in [1.165, 1.54) is 12.5 Å². The van der Waals surface area contributed by atoms with Gasteiger partial charge in [-0.15, -0.1) is 0 Å². The minimum Gasteiger partial charge on any atom is -0.376 e. The normalized spacial score (nSPS) is 23.9. The second-order valence-electron chi connectivity index (χ2n) is 5.16. The average molecular weight is 249 g/mol. The van der Waals surface area contributed by atoms with Crippen LogP contribution in [0.4, 0.5) is 5.82 Å². The van der Waals surface area contributed by atoms with Gasteiger partial charge in [0.2, 0.25) is 0 Å². The highest BCUT2D eigenvalue weighted by Gasteiger charge is 2.26. The number of hydrogen-bond acceptors (Lipinski definition) is 4. The zero-order valence-corrected chi connectivity index (χ0v) is 10.4. The lowest BCUT2D eigenvalue weighted by atomic mass is 10.1. The summed E-state index contributed by atoms with van der Waals surface area (Å²) >= 11 is 0. The predicted molar refractivity (Wildman–Crippen MR) is 68.9 cm³/mol. The molecule has 98 valence electrons. The minimum atomic E-state index is -0.0704. The molecule has 0 radical (unpaired) electrons. The molecule has 0 aromatic carbocycles. The van der Waals surface area contributed by atoms with E-state index in [1.807, 2.05) is 0 Å². The summed E-state index contributed by atoms with van der Waals surface area (Å²) in [5.41, 5.74) is -0.0704. The lowest BCUT2D eigenvalue weighted by Crippen LogP contribution is -2.27. The second kappa shape index (κ2) is 5.10. The summed E-state index contributed by atoms with van der Waals surface area (Å²) < 4.78 is 5.64. The van der Waals surface area contributed by atoms with Crippen molar-refractivity contribution >= 4 is 5.82 Å². The Bertz CT molecular complexity index is 462. The quantitative estimate of drug-likeness (QED) is 0.851. The molecule has 2 fully saturated rings. The zero-order chi connectivity index (χ0) is 12.4. The van der Waals surface area contributed by atoms with Crippen LogP contribution in [-0.2, 0) is 4.74 Å². The Morgan fingerprint density at radius 3 is 3.00 bits per heavy atom. The topological polar surface area (TPSA) is 67.0 Å². The number of nitrogens with one attached hydrogen (secondary N) is 2. The minimum absolute atomic E-state index is 0.0704. The first-order chi connectivity index (χ1) is 8.81. The van der Waals surface area contributed by atoms with E-state index < -0.39 is 0 Å². The van der Waals surface area contributed by atoms with Crippen LogP contribution in [0.25, 0.3) is 0 Å². The molecule has 1 aliphatic carbocycles. The van der Waals surface area contributed by atoms with Gasteiger partial charge in [0, 0.05) is 25.1 Å². The van der Waals surface area contributed by atoms with Gasteiger partial charge < -0.3 is 15.0 Å². The zero-order valence-electron chi connectivity index (χ0n) is 10.4. The lowest BCUT2D eigenvalue weighted by molar-refractivity contribution is 0.0247. The molecule has 3 rings (SSSR count). The van der Waals surface area contributed by atoms with Gasteiger partial charge in [0.05, 0.1) is 6.10 Å². The summed E-state index contributed by atoms with van der Waals surface area (Å²) in [7, 11) is 0. The fraction of sp³-hybridized carbons (Fsp3) is 0.692. The molecule has 2 heterocycles. The Kier molecular flexibility index (Phi) is 3.32. The number of anilines is 1. The van der Waals surface area contributed by atoms with Crippen LogP contribution in [0.5, 0.6) is 0 Å². The van der Waals surface area contributed by atoms with Crippen LogP contribution >= 0.6 is 0 Å². The molecule has 0 amide bonds. The Morgan fingerprint density at radius 2 is 2.28 bits per heavy atom. The first-order valence-corrected chi connectivity index (χ1v) is 6.78. The molecule has 18 heavy (non-hydrogen) atoms.